The van der Waals surface area contributed by atoms with Crippen molar-refractivity contribution in [3.8, 4) is 5.75 Å². The van der Waals surface area contributed by atoms with Gasteiger partial charge in [0.2, 0.25) is 0 Å². The van der Waals surface area contributed by atoms with E-state index in [9.17, 15) is 4.39 Å². The number of nitrogens with zero attached hydrogens (tertiary/aromatic N) is 1. The van der Waals surface area contributed by atoms with Gasteiger partial charge in [-0.15, -0.1) is 0 Å². The van der Waals surface area contributed by atoms with Gasteiger partial charge in [0, 0.05) is 24.5 Å². The average Bonchev–Trinajstić information content (AvgIpc) is 2.48. The van der Waals surface area contributed by atoms with Gasteiger partial charge in [0.25, 0.3) is 0 Å². The molecule has 2 aromatic rings. The van der Waals surface area contributed by atoms with Gasteiger partial charge in [-0.25, -0.2) is 4.39 Å². The summed E-state index contributed by atoms with van der Waals surface area (Å²) in [6.07, 6.45) is 3.55. The molecule has 0 radical (unpaired) electrons. The summed E-state index contributed by atoms with van der Waals surface area (Å²) in [6.45, 7) is 4.14. The number of benzene rings is 1. The third-order valence-electron chi connectivity index (χ3n) is 3.38. The number of halogens is 1. The summed E-state index contributed by atoms with van der Waals surface area (Å²) in [7, 11) is 1.47. The Bertz CT molecular complexity index is 560. The second-order valence-electron chi connectivity index (χ2n) is 4.78. The molecule has 1 aromatic carbocycles. The number of methoxy groups -OCH3 is 1. The molecule has 20 heavy (non-hydrogen) atoms. The number of hydrogen-bond acceptors (Lipinski definition) is 3. The molecule has 0 spiro atoms. The Kier molecular flexibility index (Phi) is 4.69. The lowest BCUT2D eigenvalue weighted by Crippen LogP contribution is -2.22. The van der Waals surface area contributed by atoms with Crippen LogP contribution >= 0.6 is 0 Å². The van der Waals surface area contributed by atoms with Crippen molar-refractivity contribution in [1.29, 1.82) is 0 Å². The van der Waals surface area contributed by atoms with E-state index in [1.54, 1.807) is 24.5 Å². The van der Waals surface area contributed by atoms with E-state index in [-0.39, 0.29) is 23.7 Å². The van der Waals surface area contributed by atoms with Crippen LogP contribution in [0.15, 0.2) is 42.7 Å². The molecular weight excluding hydrogens is 255 g/mol. The minimum atomic E-state index is -0.342. The van der Waals surface area contributed by atoms with Crippen LogP contribution in [0, 0.1) is 5.82 Å². The topological polar surface area (TPSA) is 34.1 Å². The molecule has 1 N–H and O–H groups in total. The highest BCUT2D eigenvalue weighted by Gasteiger charge is 2.13. The molecule has 0 saturated carbocycles. The number of ether oxygens (including phenoxy) is 1. The van der Waals surface area contributed by atoms with Crippen LogP contribution in [0.25, 0.3) is 0 Å². The Morgan fingerprint density at radius 3 is 2.35 bits per heavy atom. The maximum Gasteiger partial charge on any atom is 0.165 e. The van der Waals surface area contributed by atoms with Crippen LogP contribution in [0.2, 0.25) is 0 Å². The predicted molar refractivity (Wildman–Crippen MR) is 77.2 cm³/mol. The first kappa shape index (κ1) is 14.5. The number of rotatable bonds is 5. The Morgan fingerprint density at radius 1 is 1.05 bits per heavy atom. The van der Waals surface area contributed by atoms with E-state index >= 15 is 0 Å². The molecule has 0 saturated heterocycles. The fourth-order valence-corrected chi connectivity index (χ4v) is 2.17. The summed E-state index contributed by atoms with van der Waals surface area (Å²) < 4.78 is 18.4. The standard InChI is InChI=1S/C16H19FN2O/c1-11(13-6-8-18-9-7-13)19-12(2)14-4-5-15(17)16(10-14)20-3/h4-12,19H,1-3H3. The fraction of sp³-hybridized carbons (Fsp3) is 0.312. The molecule has 3 nitrogen and oxygen atoms in total. The van der Waals surface area contributed by atoms with Crippen LogP contribution < -0.4 is 10.1 Å². The first-order chi connectivity index (χ1) is 9.61. The smallest absolute Gasteiger partial charge is 0.165 e. The molecule has 4 heteroatoms. The van der Waals surface area contributed by atoms with Crippen molar-refractivity contribution in [1.82, 2.24) is 10.3 Å². The lowest BCUT2D eigenvalue weighted by molar-refractivity contribution is 0.384. The lowest BCUT2D eigenvalue weighted by Gasteiger charge is -2.21. The maximum atomic E-state index is 13.4. The van der Waals surface area contributed by atoms with Crippen LogP contribution in [0.1, 0.15) is 37.1 Å². The Balaban J connectivity index is 2.10. The third-order valence-corrected chi connectivity index (χ3v) is 3.38. The minimum Gasteiger partial charge on any atom is -0.494 e. The zero-order valence-corrected chi connectivity index (χ0v) is 11.9. The van der Waals surface area contributed by atoms with Crippen LogP contribution in [0.5, 0.6) is 5.75 Å². The predicted octanol–water partition coefficient (Wildman–Crippen LogP) is 3.64. The number of nitrogens with one attached hydrogen (secondary N) is 1. The SMILES string of the molecule is COc1cc(C(C)NC(C)c2ccncc2)ccc1F. The molecule has 0 aliphatic rings. The van der Waals surface area contributed by atoms with Crippen molar-refractivity contribution in [3.05, 3.63) is 59.7 Å². The fourth-order valence-electron chi connectivity index (χ4n) is 2.17. The van der Waals surface area contributed by atoms with E-state index in [0.717, 1.165) is 5.56 Å². The van der Waals surface area contributed by atoms with E-state index in [1.165, 1.54) is 18.7 Å². The monoisotopic (exact) mass is 274 g/mol. The summed E-state index contributed by atoms with van der Waals surface area (Å²) in [4.78, 5) is 4.01. The molecule has 2 unspecified atom stereocenters. The van der Waals surface area contributed by atoms with Gasteiger partial charge in [0.05, 0.1) is 7.11 Å². The van der Waals surface area contributed by atoms with E-state index < -0.39 is 0 Å². The van der Waals surface area contributed by atoms with E-state index in [0.29, 0.717) is 0 Å². The largest absolute Gasteiger partial charge is 0.494 e. The normalized spacial score (nSPS) is 13.8. The van der Waals surface area contributed by atoms with Gasteiger partial charge in [-0.05, 0) is 49.2 Å². The van der Waals surface area contributed by atoms with Crippen molar-refractivity contribution in [2.45, 2.75) is 25.9 Å². The van der Waals surface area contributed by atoms with E-state index in [2.05, 4.69) is 17.2 Å². The quantitative estimate of drug-likeness (QED) is 0.903. The minimum absolute atomic E-state index is 0.0904. The molecule has 1 aromatic heterocycles. The van der Waals surface area contributed by atoms with Gasteiger partial charge in [0.15, 0.2) is 11.6 Å². The molecule has 1 heterocycles. The van der Waals surface area contributed by atoms with Gasteiger partial charge in [0.1, 0.15) is 0 Å². The Labute approximate surface area is 118 Å². The van der Waals surface area contributed by atoms with E-state index in [4.69, 9.17) is 4.74 Å². The second kappa shape index (κ2) is 6.48. The summed E-state index contributed by atoms with van der Waals surface area (Å²) in [6, 6.07) is 9.17. The first-order valence-electron chi connectivity index (χ1n) is 6.61. The van der Waals surface area contributed by atoms with Crippen LogP contribution in [-0.4, -0.2) is 12.1 Å². The van der Waals surface area contributed by atoms with E-state index in [1.807, 2.05) is 19.1 Å². The zero-order valence-electron chi connectivity index (χ0n) is 11.9. The molecule has 0 aliphatic heterocycles. The van der Waals surface area contributed by atoms with Crippen molar-refractivity contribution in [2.24, 2.45) is 0 Å². The van der Waals surface area contributed by atoms with Gasteiger partial charge < -0.3 is 10.1 Å². The number of hydrogen-bond donors (Lipinski definition) is 1. The summed E-state index contributed by atoms with van der Waals surface area (Å²) >= 11 is 0. The van der Waals surface area contributed by atoms with Gasteiger partial charge in [-0.3, -0.25) is 4.98 Å². The van der Waals surface area contributed by atoms with Crippen LogP contribution in [0.4, 0.5) is 4.39 Å². The van der Waals surface area contributed by atoms with Crippen molar-refractivity contribution in [3.63, 3.8) is 0 Å². The molecule has 0 aliphatic carbocycles. The molecule has 2 atom stereocenters. The van der Waals surface area contributed by atoms with Crippen molar-refractivity contribution >= 4 is 0 Å². The zero-order chi connectivity index (χ0) is 14.5. The number of pyridine rings is 1. The molecular formula is C16H19FN2O. The molecule has 0 bridgehead atoms. The Morgan fingerprint density at radius 2 is 1.70 bits per heavy atom. The third kappa shape index (κ3) is 3.33. The highest BCUT2D eigenvalue weighted by atomic mass is 19.1. The first-order valence-corrected chi connectivity index (χ1v) is 6.61. The number of aromatic nitrogens is 1. The molecule has 106 valence electrons. The highest BCUT2D eigenvalue weighted by Crippen LogP contribution is 2.24. The molecule has 0 fully saturated rings. The highest BCUT2D eigenvalue weighted by molar-refractivity contribution is 5.32. The van der Waals surface area contributed by atoms with Gasteiger partial charge in [-0.1, -0.05) is 6.07 Å². The summed E-state index contributed by atoms with van der Waals surface area (Å²) in [5.74, 6) is -0.0710. The van der Waals surface area contributed by atoms with Crippen molar-refractivity contribution < 1.29 is 9.13 Å². The van der Waals surface area contributed by atoms with Gasteiger partial charge >= 0.3 is 0 Å². The summed E-state index contributed by atoms with van der Waals surface area (Å²) in [5, 5.41) is 3.48. The maximum absolute atomic E-state index is 13.4. The molecule has 2 rings (SSSR count). The van der Waals surface area contributed by atoms with Gasteiger partial charge in [-0.2, -0.15) is 0 Å². The molecule has 0 amide bonds. The van der Waals surface area contributed by atoms with Crippen molar-refractivity contribution in [2.75, 3.05) is 7.11 Å². The van der Waals surface area contributed by atoms with Crippen LogP contribution in [0.3, 0.4) is 0 Å². The Hall–Kier alpha value is -1.94. The lowest BCUT2D eigenvalue weighted by atomic mass is 10.0. The second-order valence-corrected chi connectivity index (χ2v) is 4.78. The van der Waals surface area contributed by atoms with Crippen LogP contribution in [-0.2, 0) is 0 Å². The summed E-state index contributed by atoms with van der Waals surface area (Å²) in [5.41, 5.74) is 2.16. The average molecular weight is 274 g/mol.